The van der Waals surface area contributed by atoms with E-state index in [0.717, 1.165) is 68.8 Å². The Morgan fingerprint density at radius 1 is 1.14 bits per heavy atom. The quantitative estimate of drug-likeness (QED) is 0.826. The molecule has 3 heterocycles. The van der Waals surface area contributed by atoms with Crippen molar-refractivity contribution in [3.63, 3.8) is 0 Å². The van der Waals surface area contributed by atoms with Gasteiger partial charge in [0.1, 0.15) is 6.33 Å². The molecule has 0 saturated carbocycles. The van der Waals surface area contributed by atoms with Crippen LogP contribution in [0.3, 0.4) is 0 Å². The Labute approximate surface area is 171 Å². The number of hydrogen-bond acceptors (Lipinski definition) is 6. The number of ether oxygens (including phenoxy) is 1. The third-order valence-corrected chi connectivity index (χ3v) is 6.15. The van der Waals surface area contributed by atoms with Gasteiger partial charge in [0.2, 0.25) is 0 Å². The van der Waals surface area contributed by atoms with Crippen LogP contribution in [0.25, 0.3) is 10.9 Å². The average Bonchev–Trinajstić information content (AvgIpc) is 2.77. The van der Waals surface area contributed by atoms with Gasteiger partial charge in [-0.15, -0.1) is 0 Å². The molecule has 8 nitrogen and oxygen atoms in total. The van der Waals surface area contributed by atoms with E-state index in [1.165, 1.54) is 10.6 Å². The first-order chi connectivity index (χ1) is 14.2. The molecule has 4 rings (SSSR count). The Morgan fingerprint density at radius 3 is 2.59 bits per heavy atom. The van der Waals surface area contributed by atoms with Crippen LogP contribution in [0, 0.1) is 0 Å². The monoisotopic (exact) mass is 399 g/mol. The normalized spacial score (nSPS) is 19.1. The molecule has 1 N–H and O–H groups in total. The third kappa shape index (κ3) is 4.43. The molecule has 0 radical (unpaired) electrons. The number of amides is 1. The van der Waals surface area contributed by atoms with Crippen molar-refractivity contribution >= 4 is 22.7 Å². The number of piperazine rings is 1. The average molecular weight is 399 g/mol. The highest BCUT2D eigenvalue weighted by atomic mass is 16.5. The topological polar surface area (TPSA) is 82.0 Å². The number of benzene rings is 1. The van der Waals surface area contributed by atoms with E-state index in [1.807, 2.05) is 0 Å². The summed E-state index contributed by atoms with van der Waals surface area (Å²) in [5.41, 5.74) is 3.22. The highest BCUT2D eigenvalue weighted by Crippen LogP contribution is 2.32. The molecule has 2 aliphatic rings. The molecule has 1 aromatic heterocycles. The van der Waals surface area contributed by atoms with E-state index in [9.17, 15) is 4.79 Å². The van der Waals surface area contributed by atoms with Crippen molar-refractivity contribution in [2.24, 2.45) is 0 Å². The lowest BCUT2D eigenvalue weighted by atomic mass is 9.91. The molecule has 2 saturated heterocycles. The number of carboxylic acid groups (broad SMARTS) is 1. The fourth-order valence-electron chi connectivity index (χ4n) is 4.38. The Kier molecular flexibility index (Phi) is 6.10. The highest BCUT2D eigenvalue weighted by molar-refractivity contribution is 5.84. The van der Waals surface area contributed by atoms with Crippen LogP contribution < -0.4 is 4.90 Å². The number of rotatable bonds is 5. The van der Waals surface area contributed by atoms with Crippen molar-refractivity contribution in [3.8, 4) is 0 Å². The number of anilines is 1. The predicted octanol–water partition coefficient (Wildman–Crippen LogP) is 2.26. The summed E-state index contributed by atoms with van der Waals surface area (Å²) in [6.07, 6.45) is 2.43. The summed E-state index contributed by atoms with van der Waals surface area (Å²) >= 11 is 0. The van der Waals surface area contributed by atoms with Crippen molar-refractivity contribution in [2.45, 2.75) is 18.8 Å². The fraction of sp³-hybridized carbons (Fsp3) is 0.571. The summed E-state index contributed by atoms with van der Waals surface area (Å²) < 4.78 is 5.18. The number of piperidine rings is 1. The Bertz CT molecular complexity index is 845. The van der Waals surface area contributed by atoms with Gasteiger partial charge in [0, 0.05) is 69.9 Å². The predicted molar refractivity (Wildman–Crippen MR) is 112 cm³/mol. The number of likely N-dealkylation sites (tertiary alicyclic amines) is 1. The maximum atomic E-state index is 11.2. The lowest BCUT2D eigenvalue weighted by Gasteiger charge is -2.36. The number of methoxy groups -OCH3 is 1. The zero-order valence-electron chi connectivity index (χ0n) is 17.0. The van der Waals surface area contributed by atoms with E-state index in [4.69, 9.17) is 9.84 Å². The Balaban J connectivity index is 1.46. The summed E-state index contributed by atoms with van der Waals surface area (Å²) in [7, 11) is 1.75. The highest BCUT2D eigenvalue weighted by Gasteiger charge is 2.26. The minimum Gasteiger partial charge on any atom is -0.465 e. The van der Waals surface area contributed by atoms with Crippen molar-refractivity contribution < 1.29 is 14.6 Å². The Morgan fingerprint density at radius 2 is 1.90 bits per heavy atom. The maximum Gasteiger partial charge on any atom is 0.407 e. The van der Waals surface area contributed by atoms with Gasteiger partial charge in [-0.05, 0) is 31.0 Å². The Hall–Kier alpha value is -2.45. The van der Waals surface area contributed by atoms with E-state index in [1.54, 1.807) is 13.4 Å². The van der Waals surface area contributed by atoms with Crippen molar-refractivity contribution in [3.05, 3.63) is 30.2 Å². The standard InChI is InChI=1S/C21H29N5O3/c1-29-13-12-24-8-10-25(11-9-24)17-2-3-18-19(14-17)22-15-23-20(18)16-4-6-26(7-5-16)21(27)28/h2-3,14-16H,4-13H2,1H3,(H,27,28). The number of carbonyl (C=O) groups is 1. The van der Waals surface area contributed by atoms with Crippen LogP contribution in [0.1, 0.15) is 24.5 Å². The first kappa shape index (κ1) is 19.8. The molecule has 29 heavy (non-hydrogen) atoms. The second-order valence-electron chi connectivity index (χ2n) is 7.83. The van der Waals surface area contributed by atoms with Gasteiger partial charge in [0.15, 0.2) is 0 Å². The molecule has 0 atom stereocenters. The largest absolute Gasteiger partial charge is 0.465 e. The number of fused-ring (bicyclic) bond motifs is 1. The molecule has 1 amide bonds. The second kappa shape index (κ2) is 8.92. The summed E-state index contributed by atoms with van der Waals surface area (Å²) in [5.74, 6) is 0.284. The summed E-state index contributed by atoms with van der Waals surface area (Å²) in [5, 5.41) is 10.3. The molecule has 2 fully saturated rings. The fourth-order valence-corrected chi connectivity index (χ4v) is 4.38. The van der Waals surface area contributed by atoms with Crippen LogP contribution in [-0.4, -0.2) is 90.5 Å². The smallest absolute Gasteiger partial charge is 0.407 e. The molecule has 0 aliphatic carbocycles. The minimum absolute atomic E-state index is 0.284. The lowest BCUT2D eigenvalue weighted by molar-refractivity contribution is 0.132. The van der Waals surface area contributed by atoms with Crippen LogP contribution in [0.15, 0.2) is 24.5 Å². The summed E-state index contributed by atoms with van der Waals surface area (Å²) in [6, 6.07) is 6.48. The second-order valence-corrected chi connectivity index (χ2v) is 7.83. The maximum absolute atomic E-state index is 11.2. The van der Waals surface area contributed by atoms with Crippen molar-refractivity contribution in [2.75, 3.05) is 64.4 Å². The van der Waals surface area contributed by atoms with Crippen LogP contribution >= 0.6 is 0 Å². The van der Waals surface area contributed by atoms with Gasteiger partial charge in [-0.3, -0.25) is 4.90 Å². The molecule has 0 unspecified atom stereocenters. The van der Waals surface area contributed by atoms with Crippen LogP contribution in [0.2, 0.25) is 0 Å². The van der Waals surface area contributed by atoms with E-state index >= 15 is 0 Å². The van der Waals surface area contributed by atoms with Gasteiger partial charge in [-0.1, -0.05) is 0 Å². The first-order valence-corrected chi connectivity index (χ1v) is 10.3. The molecule has 0 spiro atoms. The van der Waals surface area contributed by atoms with Crippen molar-refractivity contribution in [1.29, 1.82) is 0 Å². The van der Waals surface area contributed by atoms with Gasteiger partial charge in [-0.2, -0.15) is 0 Å². The SMILES string of the molecule is COCCN1CCN(c2ccc3c(C4CCN(C(=O)O)CC4)ncnc3c2)CC1. The van der Waals surface area contributed by atoms with E-state index in [0.29, 0.717) is 13.1 Å². The van der Waals surface area contributed by atoms with Gasteiger partial charge >= 0.3 is 6.09 Å². The van der Waals surface area contributed by atoms with Gasteiger partial charge in [0.25, 0.3) is 0 Å². The van der Waals surface area contributed by atoms with Crippen LogP contribution in [0.5, 0.6) is 0 Å². The van der Waals surface area contributed by atoms with E-state index in [2.05, 4.69) is 38.0 Å². The summed E-state index contributed by atoms with van der Waals surface area (Å²) in [4.78, 5) is 26.6. The van der Waals surface area contributed by atoms with Gasteiger partial charge in [0.05, 0.1) is 17.8 Å². The molecular weight excluding hydrogens is 370 g/mol. The molecule has 0 bridgehead atoms. The molecule has 156 valence electrons. The molecule has 2 aromatic rings. The number of hydrogen-bond donors (Lipinski definition) is 1. The molecular formula is C21H29N5O3. The van der Waals surface area contributed by atoms with Gasteiger partial charge < -0.3 is 19.6 Å². The van der Waals surface area contributed by atoms with Crippen molar-refractivity contribution in [1.82, 2.24) is 19.8 Å². The zero-order chi connectivity index (χ0) is 20.2. The lowest BCUT2D eigenvalue weighted by Crippen LogP contribution is -2.47. The number of aromatic nitrogens is 2. The minimum atomic E-state index is -0.831. The molecule has 2 aliphatic heterocycles. The first-order valence-electron chi connectivity index (χ1n) is 10.3. The van der Waals surface area contributed by atoms with E-state index in [-0.39, 0.29) is 5.92 Å². The van der Waals surface area contributed by atoms with Gasteiger partial charge in [-0.25, -0.2) is 14.8 Å². The third-order valence-electron chi connectivity index (χ3n) is 6.15. The summed E-state index contributed by atoms with van der Waals surface area (Å²) in [6.45, 7) is 6.98. The van der Waals surface area contributed by atoms with E-state index < -0.39 is 6.09 Å². The van der Waals surface area contributed by atoms with Crippen LogP contribution in [0.4, 0.5) is 10.5 Å². The zero-order valence-corrected chi connectivity index (χ0v) is 17.0. The van der Waals surface area contributed by atoms with Crippen LogP contribution in [-0.2, 0) is 4.74 Å². The molecule has 8 heteroatoms. The number of nitrogens with zero attached hydrogens (tertiary/aromatic N) is 5. The molecule has 1 aromatic carbocycles.